The number of amides is 2. The van der Waals surface area contributed by atoms with Gasteiger partial charge in [0.1, 0.15) is 0 Å². The first-order chi connectivity index (χ1) is 8.79. The fourth-order valence-electron chi connectivity index (χ4n) is 3.09. The minimum atomic E-state index is 0.164. The van der Waals surface area contributed by atoms with Crippen molar-refractivity contribution in [2.24, 2.45) is 0 Å². The molecule has 0 radical (unpaired) electrons. The summed E-state index contributed by atoms with van der Waals surface area (Å²) in [6.45, 7) is 4.97. The molecule has 0 atom stereocenters. The summed E-state index contributed by atoms with van der Waals surface area (Å²) in [5, 5.41) is 6.67. The summed E-state index contributed by atoms with van der Waals surface area (Å²) in [6, 6.07) is 1.20. The van der Waals surface area contributed by atoms with Gasteiger partial charge in [0.15, 0.2) is 0 Å². The molecular weight excluding hydrogens is 226 g/mol. The minimum Gasteiger partial charge on any atom is -0.335 e. The lowest BCUT2D eigenvalue weighted by Gasteiger charge is -2.34. The van der Waals surface area contributed by atoms with Gasteiger partial charge in [-0.15, -0.1) is 0 Å². The van der Waals surface area contributed by atoms with E-state index in [4.69, 9.17) is 0 Å². The van der Waals surface area contributed by atoms with Gasteiger partial charge in [-0.2, -0.15) is 0 Å². The van der Waals surface area contributed by atoms with Crippen LogP contribution in [0.3, 0.4) is 0 Å². The largest absolute Gasteiger partial charge is 0.335 e. The second-order valence-corrected chi connectivity index (χ2v) is 5.60. The van der Waals surface area contributed by atoms with Gasteiger partial charge in [0.25, 0.3) is 0 Å². The van der Waals surface area contributed by atoms with Gasteiger partial charge < -0.3 is 15.5 Å². The Hall–Kier alpha value is -0.770. The van der Waals surface area contributed by atoms with E-state index in [-0.39, 0.29) is 6.03 Å². The van der Waals surface area contributed by atoms with Gasteiger partial charge in [0.05, 0.1) is 0 Å². The topological polar surface area (TPSA) is 44.4 Å². The van der Waals surface area contributed by atoms with Crippen LogP contribution in [0.15, 0.2) is 0 Å². The zero-order chi connectivity index (χ0) is 12.8. The molecule has 18 heavy (non-hydrogen) atoms. The normalized spacial score (nSPS) is 23.1. The molecule has 104 valence electrons. The van der Waals surface area contributed by atoms with E-state index in [2.05, 4.69) is 17.6 Å². The SMILES string of the molecule is CCNC1CCN(C(=O)NC2CCCCC2)CC1. The maximum Gasteiger partial charge on any atom is 0.317 e. The molecule has 1 aliphatic heterocycles. The summed E-state index contributed by atoms with van der Waals surface area (Å²) in [7, 11) is 0. The molecule has 0 spiro atoms. The lowest BCUT2D eigenvalue weighted by molar-refractivity contribution is 0.170. The molecule has 2 rings (SSSR count). The number of hydrogen-bond acceptors (Lipinski definition) is 2. The quantitative estimate of drug-likeness (QED) is 0.809. The average molecular weight is 253 g/mol. The molecule has 0 aromatic carbocycles. The lowest BCUT2D eigenvalue weighted by Crippen LogP contribution is -2.50. The Kier molecular flexibility index (Phi) is 5.29. The Bertz CT molecular complexity index is 256. The van der Waals surface area contributed by atoms with E-state index in [9.17, 15) is 4.79 Å². The third kappa shape index (κ3) is 3.87. The van der Waals surface area contributed by atoms with Crippen molar-refractivity contribution in [3.05, 3.63) is 0 Å². The number of piperidine rings is 1. The average Bonchev–Trinajstić information content (AvgIpc) is 2.41. The Balaban J connectivity index is 1.70. The van der Waals surface area contributed by atoms with Crippen LogP contribution in [0.1, 0.15) is 51.9 Å². The summed E-state index contributed by atoms with van der Waals surface area (Å²) in [6.07, 6.45) is 8.39. The molecule has 1 saturated carbocycles. The summed E-state index contributed by atoms with van der Waals surface area (Å²) in [5.74, 6) is 0. The molecule has 2 N–H and O–H groups in total. The second kappa shape index (κ2) is 6.98. The number of hydrogen-bond donors (Lipinski definition) is 2. The highest BCUT2D eigenvalue weighted by molar-refractivity contribution is 5.74. The van der Waals surface area contributed by atoms with Crippen molar-refractivity contribution in [2.45, 2.75) is 64.0 Å². The number of rotatable bonds is 3. The van der Waals surface area contributed by atoms with Crippen LogP contribution in [-0.4, -0.2) is 42.6 Å². The zero-order valence-electron chi connectivity index (χ0n) is 11.6. The molecule has 1 saturated heterocycles. The molecule has 1 heterocycles. The summed E-state index contributed by atoms with van der Waals surface area (Å²) < 4.78 is 0. The fourth-order valence-corrected chi connectivity index (χ4v) is 3.09. The van der Waals surface area contributed by atoms with Crippen LogP contribution in [0.4, 0.5) is 4.79 Å². The molecule has 0 aromatic rings. The summed E-state index contributed by atoms with van der Waals surface area (Å²) in [5.41, 5.74) is 0. The molecular formula is C14H27N3O. The van der Waals surface area contributed by atoms with Gasteiger partial charge in [-0.3, -0.25) is 0 Å². The number of nitrogens with one attached hydrogen (secondary N) is 2. The number of likely N-dealkylation sites (tertiary alicyclic amines) is 1. The molecule has 0 unspecified atom stereocenters. The van der Waals surface area contributed by atoms with Crippen molar-refractivity contribution in [3.63, 3.8) is 0 Å². The third-order valence-corrected chi connectivity index (χ3v) is 4.21. The zero-order valence-corrected chi connectivity index (χ0v) is 11.6. The van der Waals surface area contributed by atoms with E-state index in [1.54, 1.807) is 0 Å². The number of nitrogens with zero attached hydrogens (tertiary/aromatic N) is 1. The summed E-state index contributed by atoms with van der Waals surface area (Å²) >= 11 is 0. The minimum absolute atomic E-state index is 0.164. The van der Waals surface area contributed by atoms with Gasteiger partial charge >= 0.3 is 6.03 Å². The molecule has 4 nitrogen and oxygen atoms in total. The van der Waals surface area contributed by atoms with Crippen LogP contribution < -0.4 is 10.6 Å². The summed E-state index contributed by atoms with van der Waals surface area (Å²) in [4.78, 5) is 14.1. The predicted molar refractivity (Wildman–Crippen MR) is 73.7 cm³/mol. The predicted octanol–water partition coefficient (Wildman–Crippen LogP) is 2.10. The second-order valence-electron chi connectivity index (χ2n) is 5.60. The maximum atomic E-state index is 12.1. The van der Waals surface area contributed by atoms with Gasteiger partial charge in [0, 0.05) is 25.2 Å². The Morgan fingerprint density at radius 2 is 1.72 bits per heavy atom. The molecule has 0 aromatic heterocycles. The van der Waals surface area contributed by atoms with Crippen molar-refractivity contribution in [3.8, 4) is 0 Å². The van der Waals surface area contributed by atoms with Crippen LogP contribution in [-0.2, 0) is 0 Å². The highest BCUT2D eigenvalue weighted by Crippen LogP contribution is 2.18. The Morgan fingerprint density at radius 3 is 2.33 bits per heavy atom. The fraction of sp³-hybridized carbons (Fsp3) is 0.929. The first-order valence-electron chi connectivity index (χ1n) is 7.58. The first kappa shape index (κ1) is 13.7. The van der Waals surface area contributed by atoms with Crippen LogP contribution in [0.25, 0.3) is 0 Å². The molecule has 2 fully saturated rings. The number of urea groups is 1. The molecule has 4 heteroatoms. The van der Waals surface area contributed by atoms with E-state index in [1.165, 1.54) is 32.1 Å². The lowest BCUT2D eigenvalue weighted by atomic mass is 9.95. The van der Waals surface area contributed by atoms with Crippen LogP contribution in [0.2, 0.25) is 0 Å². The van der Waals surface area contributed by atoms with Gasteiger partial charge in [-0.05, 0) is 32.2 Å². The molecule has 1 aliphatic carbocycles. The van der Waals surface area contributed by atoms with Crippen LogP contribution in [0, 0.1) is 0 Å². The van der Waals surface area contributed by atoms with Crippen LogP contribution in [0.5, 0.6) is 0 Å². The van der Waals surface area contributed by atoms with Crippen LogP contribution >= 0.6 is 0 Å². The first-order valence-corrected chi connectivity index (χ1v) is 7.58. The maximum absolute atomic E-state index is 12.1. The van der Waals surface area contributed by atoms with E-state index in [0.717, 1.165) is 32.5 Å². The van der Waals surface area contributed by atoms with E-state index in [0.29, 0.717) is 12.1 Å². The van der Waals surface area contributed by atoms with E-state index in [1.807, 2.05) is 4.90 Å². The van der Waals surface area contributed by atoms with Gasteiger partial charge in [-0.1, -0.05) is 26.2 Å². The van der Waals surface area contributed by atoms with Gasteiger partial charge in [-0.25, -0.2) is 4.79 Å². The van der Waals surface area contributed by atoms with Crippen molar-refractivity contribution < 1.29 is 4.79 Å². The van der Waals surface area contributed by atoms with Crippen molar-refractivity contribution >= 4 is 6.03 Å². The van der Waals surface area contributed by atoms with E-state index < -0.39 is 0 Å². The van der Waals surface area contributed by atoms with Crippen molar-refractivity contribution in [1.29, 1.82) is 0 Å². The monoisotopic (exact) mass is 253 g/mol. The molecule has 2 aliphatic rings. The van der Waals surface area contributed by atoms with Crippen molar-refractivity contribution in [1.82, 2.24) is 15.5 Å². The highest BCUT2D eigenvalue weighted by Gasteiger charge is 2.24. The third-order valence-electron chi connectivity index (χ3n) is 4.21. The van der Waals surface area contributed by atoms with Gasteiger partial charge in [0.2, 0.25) is 0 Å². The molecule has 0 bridgehead atoms. The highest BCUT2D eigenvalue weighted by atomic mass is 16.2. The van der Waals surface area contributed by atoms with Crippen molar-refractivity contribution in [2.75, 3.05) is 19.6 Å². The molecule has 2 amide bonds. The Labute approximate surface area is 110 Å². The number of carbonyl (C=O) groups excluding carboxylic acids is 1. The Morgan fingerprint density at radius 1 is 1.06 bits per heavy atom. The number of carbonyl (C=O) groups is 1. The standard InChI is InChI=1S/C14H27N3O/c1-2-15-12-8-10-17(11-9-12)14(18)16-13-6-4-3-5-7-13/h12-13,15H,2-11H2,1H3,(H,16,18). The smallest absolute Gasteiger partial charge is 0.317 e. The van der Waals surface area contributed by atoms with E-state index >= 15 is 0 Å².